The molecule has 0 N–H and O–H groups in total. The van der Waals surface area contributed by atoms with E-state index >= 15 is 0 Å². The quantitative estimate of drug-likeness (QED) is 0.401. The van der Waals surface area contributed by atoms with Crippen LogP contribution in [0.25, 0.3) is 0 Å². The number of cyclic esters (lactones) is 1. The molecule has 154 valence electrons. The molecule has 1 amide bonds. The van der Waals surface area contributed by atoms with Crippen molar-refractivity contribution < 1.29 is 28.6 Å². The van der Waals surface area contributed by atoms with Crippen LogP contribution in [0.2, 0.25) is 0 Å². The Hall–Kier alpha value is -2.57. The van der Waals surface area contributed by atoms with Crippen LogP contribution < -0.4 is 0 Å². The number of carbonyl (C=O) groups excluding carboxylic acids is 3. The molecule has 0 aliphatic carbocycles. The fourth-order valence-electron chi connectivity index (χ4n) is 3.10. The molecular weight excluding hydrogens is 362 g/mol. The van der Waals surface area contributed by atoms with Crippen molar-refractivity contribution in [3.63, 3.8) is 0 Å². The number of amides is 1. The van der Waals surface area contributed by atoms with E-state index in [1.807, 2.05) is 51.1 Å². The van der Waals surface area contributed by atoms with Gasteiger partial charge in [-0.15, -0.1) is 0 Å². The minimum absolute atomic E-state index is 0.121. The first kappa shape index (κ1) is 21.7. The van der Waals surface area contributed by atoms with Crippen LogP contribution in [0.5, 0.6) is 0 Å². The highest BCUT2D eigenvalue weighted by Gasteiger charge is 2.50. The van der Waals surface area contributed by atoms with Gasteiger partial charge in [-0.1, -0.05) is 57.5 Å². The molecule has 7 heteroatoms. The maximum atomic E-state index is 12.8. The SMILES string of the molecule is COC(=O)CCCC[C@H]1C(=O)O[C@@H](C(C)(C)C)N1C(=O)OCc1ccccc1. The molecule has 7 nitrogen and oxygen atoms in total. The largest absolute Gasteiger partial charge is 0.469 e. The normalized spacial score (nSPS) is 19.3. The fourth-order valence-corrected chi connectivity index (χ4v) is 3.10. The van der Waals surface area contributed by atoms with Gasteiger partial charge < -0.3 is 14.2 Å². The molecule has 1 aromatic rings. The van der Waals surface area contributed by atoms with E-state index in [4.69, 9.17) is 9.47 Å². The highest BCUT2D eigenvalue weighted by molar-refractivity contribution is 5.84. The van der Waals surface area contributed by atoms with Crippen molar-refractivity contribution in [2.75, 3.05) is 7.11 Å². The molecule has 28 heavy (non-hydrogen) atoms. The number of ether oxygens (including phenoxy) is 3. The second-order valence-electron chi connectivity index (χ2n) is 7.94. The van der Waals surface area contributed by atoms with Crippen LogP contribution in [0.3, 0.4) is 0 Å². The molecule has 0 radical (unpaired) electrons. The van der Waals surface area contributed by atoms with Crippen molar-refractivity contribution >= 4 is 18.0 Å². The molecule has 0 unspecified atom stereocenters. The summed E-state index contributed by atoms with van der Waals surface area (Å²) in [5.41, 5.74) is 0.409. The van der Waals surface area contributed by atoms with Crippen molar-refractivity contribution in [3.05, 3.63) is 35.9 Å². The highest BCUT2D eigenvalue weighted by Crippen LogP contribution is 2.34. The second-order valence-corrected chi connectivity index (χ2v) is 7.94. The highest BCUT2D eigenvalue weighted by atomic mass is 16.6. The van der Waals surface area contributed by atoms with Crippen LogP contribution in [0.1, 0.15) is 52.0 Å². The van der Waals surface area contributed by atoms with E-state index in [0.29, 0.717) is 19.3 Å². The maximum absolute atomic E-state index is 12.8. The zero-order valence-electron chi connectivity index (χ0n) is 17.0. The molecule has 1 aromatic carbocycles. The van der Waals surface area contributed by atoms with Gasteiger partial charge in [0.15, 0.2) is 6.23 Å². The summed E-state index contributed by atoms with van der Waals surface area (Å²) in [7, 11) is 1.34. The van der Waals surface area contributed by atoms with Gasteiger partial charge in [0.2, 0.25) is 0 Å². The molecule has 1 aliphatic rings. The summed E-state index contributed by atoms with van der Waals surface area (Å²) < 4.78 is 15.6. The van der Waals surface area contributed by atoms with Crippen LogP contribution in [-0.4, -0.2) is 42.3 Å². The minimum Gasteiger partial charge on any atom is -0.469 e. The molecule has 2 atom stereocenters. The summed E-state index contributed by atoms with van der Waals surface area (Å²) in [6.45, 7) is 5.84. The van der Waals surface area contributed by atoms with E-state index in [2.05, 4.69) is 4.74 Å². The van der Waals surface area contributed by atoms with Crippen LogP contribution >= 0.6 is 0 Å². The summed E-state index contributed by atoms with van der Waals surface area (Å²) >= 11 is 0. The third-order valence-corrected chi connectivity index (χ3v) is 4.58. The lowest BCUT2D eigenvalue weighted by atomic mass is 9.93. The van der Waals surface area contributed by atoms with E-state index in [1.54, 1.807) is 0 Å². The lowest BCUT2D eigenvalue weighted by molar-refractivity contribution is -0.147. The number of rotatable bonds is 7. The number of unbranched alkanes of at least 4 members (excludes halogenated alkanes) is 1. The standard InChI is InChI=1S/C21H29NO6/c1-21(2,3)19-22(20(25)27-14-15-10-6-5-7-11-15)16(18(24)28-19)12-8-9-13-17(23)26-4/h5-7,10-11,16,19H,8-9,12-14H2,1-4H3/t16-,19-/m0/s1. The Kier molecular flexibility index (Phi) is 7.43. The molecule has 1 heterocycles. The lowest BCUT2D eigenvalue weighted by Crippen LogP contribution is -2.48. The molecule has 0 aromatic heterocycles. The van der Waals surface area contributed by atoms with E-state index in [1.165, 1.54) is 12.0 Å². The zero-order chi connectivity index (χ0) is 20.7. The zero-order valence-corrected chi connectivity index (χ0v) is 17.0. The monoisotopic (exact) mass is 391 g/mol. The molecular formula is C21H29NO6. The smallest absolute Gasteiger partial charge is 0.413 e. The summed E-state index contributed by atoms with van der Waals surface area (Å²) in [4.78, 5) is 37.9. The van der Waals surface area contributed by atoms with Crippen LogP contribution in [0, 0.1) is 5.41 Å². The Labute approximate surface area is 165 Å². The third-order valence-electron chi connectivity index (χ3n) is 4.58. The van der Waals surface area contributed by atoms with Crippen LogP contribution in [0.15, 0.2) is 30.3 Å². The molecule has 0 saturated carbocycles. The summed E-state index contributed by atoms with van der Waals surface area (Å²) in [6, 6.07) is 8.64. The number of methoxy groups -OCH3 is 1. The van der Waals surface area contributed by atoms with Gasteiger partial charge in [-0.2, -0.15) is 0 Å². The second kappa shape index (κ2) is 9.57. The first-order valence-corrected chi connectivity index (χ1v) is 9.50. The predicted octanol–water partition coefficient (Wildman–Crippen LogP) is 3.66. The van der Waals surface area contributed by atoms with Crippen molar-refractivity contribution in [1.29, 1.82) is 0 Å². The van der Waals surface area contributed by atoms with Gasteiger partial charge in [0, 0.05) is 11.8 Å². The Bertz CT molecular complexity index is 682. The van der Waals surface area contributed by atoms with Gasteiger partial charge in [0.25, 0.3) is 0 Å². The van der Waals surface area contributed by atoms with Crippen molar-refractivity contribution in [2.45, 2.75) is 65.3 Å². The molecule has 0 spiro atoms. The Balaban J connectivity index is 2.04. The minimum atomic E-state index is -0.717. The van der Waals surface area contributed by atoms with Crippen LogP contribution in [-0.2, 0) is 30.4 Å². The first-order chi connectivity index (χ1) is 13.2. The van der Waals surface area contributed by atoms with Gasteiger partial charge in [0.05, 0.1) is 7.11 Å². The average Bonchev–Trinajstić information content (AvgIpc) is 3.00. The molecule has 1 fully saturated rings. The number of benzene rings is 1. The molecule has 1 aliphatic heterocycles. The summed E-state index contributed by atoms with van der Waals surface area (Å²) in [5, 5.41) is 0. The molecule has 2 rings (SSSR count). The van der Waals surface area contributed by atoms with Gasteiger partial charge in [-0.3, -0.25) is 9.69 Å². The van der Waals surface area contributed by atoms with Crippen molar-refractivity contribution in [1.82, 2.24) is 4.90 Å². The molecule has 0 bridgehead atoms. The van der Waals surface area contributed by atoms with Gasteiger partial charge >= 0.3 is 18.0 Å². The predicted molar refractivity (Wildman–Crippen MR) is 102 cm³/mol. The van der Waals surface area contributed by atoms with Crippen LogP contribution in [0.4, 0.5) is 4.79 Å². The fraction of sp³-hybridized carbons (Fsp3) is 0.571. The van der Waals surface area contributed by atoms with Crippen molar-refractivity contribution in [2.24, 2.45) is 5.41 Å². The van der Waals surface area contributed by atoms with E-state index in [-0.39, 0.29) is 19.0 Å². The summed E-state index contributed by atoms with van der Waals surface area (Å²) in [5.74, 6) is -0.727. The van der Waals surface area contributed by atoms with Gasteiger partial charge in [-0.25, -0.2) is 9.59 Å². The first-order valence-electron chi connectivity index (χ1n) is 9.50. The maximum Gasteiger partial charge on any atom is 0.413 e. The summed E-state index contributed by atoms with van der Waals surface area (Å²) in [6.07, 6.45) is 0.571. The average molecular weight is 391 g/mol. The van der Waals surface area contributed by atoms with Gasteiger partial charge in [-0.05, 0) is 18.4 Å². The lowest BCUT2D eigenvalue weighted by Gasteiger charge is -2.33. The van der Waals surface area contributed by atoms with Gasteiger partial charge in [0.1, 0.15) is 12.6 Å². The Morgan fingerprint density at radius 2 is 1.82 bits per heavy atom. The number of hydrogen-bond acceptors (Lipinski definition) is 6. The van der Waals surface area contributed by atoms with E-state index in [9.17, 15) is 14.4 Å². The number of hydrogen-bond donors (Lipinski definition) is 0. The topological polar surface area (TPSA) is 82.1 Å². The number of nitrogens with zero attached hydrogens (tertiary/aromatic N) is 1. The van der Waals surface area contributed by atoms with Crippen molar-refractivity contribution in [3.8, 4) is 0 Å². The number of carbonyl (C=O) groups is 3. The van der Waals surface area contributed by atoms with E-state index < -0.39 is 29.7 Å². The Morgan fingerprint density at radius 1 is 1.14 bits per heavy atom. The Morgan fingerprint density at radius 3 is 2.43 bits per heavy atom. The number of esters is 2. The third kappa shape index (κ3) is 5.71. The van der Waals surface area contributed by atoms with E-state index in [0.717, 1.165) is 5.56 Å². The molecule has 1 saturated heterocycles.